The molecule has 2 heterocycles. The molecule has 1 aromatic rings. The van der Waals surface area contributed by atoms with E-state index in [4.69, 9.17) is 20.2 Å². The zero-order chi connectivity index (χ0) is 11.1. The molecule has 2 N–H and O–H groups in total. The molecular formula is C12H15NO3. The van der Waals surface area contributed by atoms with E-state index in [1.807, 2.05) is 0 Å². The summed E-state index contributed by atoms with van der Waals surface area (Å²) in [6, 6.07) is 0. The molecule has 0 saturated heterocycles. The minimum Gasteiger partial charge on any atom is -0.493 e. The fraction of sp³-hybridized carbons (Fsp3) is 0.500. The van der Waals surface area contributed by atoms with Crippen molar-refractivity contribution in [3.05, 3.63) is 22.3 Å². The summed E-state index contributed by atoms with van der Waals surface area (Å²) < 4.78 is 11.4. The molecule has 0 aliphatic carbocycles. The van der Waals surface area contributed by atoms with Crippen LogP contribution in [0.5, 0.6) is 11.5 Å². The second kappa shape index (κ2) is 3.64. The summed E-state index contributed by atoms with van der Waals surface area (Å²) in [5.41, 5.74) is 4.77. The minimum absolute atomic E-state index is 0.397. The molecule has 1 aromatic carbocycles. The quantitative estimate of drug-likeness (QED) is 0.764. The Morgan fingerprint density at radius 2 is 1.81 bits per heavy atom. The van der Waals surface area contributed by atoms with Crippen LogP contribution in [-0.2, 0) is 24.3 Å². The number of benzene rings is 1. The largest absolute Gasteiger partial charge is 0.493 e. The first-order chi connectivity index (χ1) is 7.83. The average molecular weight is 221 g/mol. The van der Waals surface area contributed by atoms with Gasteiger partial charge >= 0.3 is 0 Å². The van der Waals surface area contributed by atoms with Crippen LogP contribution in [0.1, 0.15) is 22.3 Å². The van der Waals surface area contributed by atoms with Crippen LogP contribution in [0.25, 0.3) is 0 Å². The molecule has 0 spiro atoms. The van der Waals surface area contributed by atoms with E-state index in [1.54, 1.807) is 0 Å². The topological polar surface area (TPSA) is 53.7 Å². The molecule has 4 nitrogen and oxygen atoms in total. The summed E-state index contributed by atoms with van der Waals surface area (Å²) in [6.45, 7) is 3.99. The Balaban J connectivity index is 2.23. The average Bonchev–Trinajstić information content (AvgIpc) is 2.92. The predicted molar refractivity (Wildman–Crippen MR) is 58.6 cm³/mol. The molecule has 0 bridgehead atoms. The van der Waals surface area contributed by atoms with Crippen molar-refractivity contribution in [2.75, 3.05) is 13.2 Å². The van der Waals surface area contributed by atoms with Gasteiger partial charge in [0.1, 0.15) is 11.5 Å². The Bertz CT molecular complexity index is 407. The highest BCUT2D eigenvalue weighted by Gasteiger charge is 2.29. The lowest BCUT2D eigenvalue weighted by atomic mass is 9.95. The van der Waals surface area contributed by atoms with Crippen molar-refractivity contribution in [2.45, 2.75) is 26.4 Å². The molecular weight excluding hydrogens is 206 g/mol. The van der Waals surface area contributed by atoms with Crippen LogP contribution < -0.4 is 15.4 Å². The Kier molecular flexibility index (Phi) is 2.26. The lowest BCUT2D eigenvalue weighted by Gasteiger charge is -2.14. The van der Waals surface area contributed by atoms with E-state index in [0.717, 1.165) is 43.1 Å². The van der Waals surface area contributed by atoms with Gasteiger partial charge in [-0.05, 0) is 12.5 Å². The zero-order valence-electron chi connectivity index (χ0n) is 9.34. The van der Waals surface area contributed by atoms with Gasteiger partial charge in [0.25, 0.3) is 0 Å². The molecule has 2 aliphatic rings. The number of hydrogen-bond acceptors (Lipinski definition) is 4. The highest BCUT2D eigenvalue weighted by Crippen LogP contribution is 2.44. The standard InChI is InChI=1S/C12H15NO3/c1-7-8-2-4-15-12(8)10(6-16-13)9-3-5-14-11(7)9/h2-6,13H2,1H3. The van der Waals surface area contributed by atoms with E-state index in [0.29, 0.717) is 6.61 Å². The summed E-state index contributed by atoms with van der Waals surface area (Å²) in [6.07, 6.45) is 1.88. The summed E-state index contributed by atoms with van der Waals surface area (Å²) in [4.78, 5) is 4.78. The van der Waals surface area contributed by atoms with Gasteiger partial charge in [0.15, 0.2) is 0 Å². The van der Waals surface area contributed by atoms with Gasteiger partial charge in [0.2, 0.25) is 0 Å². The van der Waals surface area contributed by atoms with Gasteiger partial charge in [0.05, 0.1) is 19.8 Å². The van der Waals surface area contributed by atoms with Gasteiger partial charge in [-0.2, -0.15) is 0 Å². The van der Waals surface area contributed by atoms with Crippen LogP contribution in [0, 0.1) is 6.92 Å². The number of ether oxygens (including phenoxy) is 2. The van der Waals surface area contributed by atoms with Crippen molar-refractivity contribution in [3.8, 4) is 11.5 Å². The fourth-order valence-corrected chi connectivity index (χ4v) is 2.67. The lowest BCUT2D eigenvalue weighted by Crippen LogP contribution is -2.04. The summed E-state index contributed by atoms with van der Waals surface area (Å²) in [7, 11) is 0. The van der Waals surface area contributed by atoms with E-state index in [9.17, 15) is 0 Å². The van der Waals surface area contributed by atoms with Gasteiger partial charge in [0, 0.05) is 29.5 Å². The normalized spacial score (nSPS) is 16.6. The van der Waals surface area contributed by atoms with E-state index >= 15 is 0 Å². The summed E-state index contributed by atoms with van der Waals surface area (Å²) >= 11 is 0. The molecule has 0 amide bonds. The van der Waals surface area contributed by atoms with E-state index in [1.165, 1.54) is 16.7 Å². The van der Waals surface area contributed by atoms with Crippen molar-refractivity contribution in [1.82, 2.24) is 0 Å². The van der Waals surface area contributed by atoms with Crippen LogP contribution in [0.4, 0.5) is 0 Å². The smallest absolute Gasteiger partial charge is 0.129 e. The second-order valence-corrected chi connectivity index (χ2v) is 4.23. The van der Waals surface area contributed by atoms with Crippen LogP contribution >= 0.6 is 0 Å². The Labute approximate surface area is 94.2 Å². The maximum absolute atomic E-state index is 5.70. The molecule has 0 atom stereocenters. The third-order valence-electron chi connectivity index (χ3n) is 3.40. The highest BCUT2D eigenvalue weighted by atomic mass is 16.6. The summed E-state index contributed by atoms with van der Waals surface area (Å²) in [5.74, 6) is 7.19. The number of hydrogen-bond donors (Lipinski definition) is 1. The summed E-state index contributed by atoms with van der Waals surface area (Å²) in [5, 5.41) is 0. The van der Waals surface area contributed by atoms with E-state index in [2.05, 4.69) is 6.92 Å². The molecule has 0 aromatic heterocycles. The minimum atomic E-state index is 0.397. The highest BCUT2D eigenvalue weighted by molar-refractivity contribution is 5.61. The monoisotopic (exact) mass is 221 g/mol. The van der Waals surface area contributed by atoms with Crippen molar-refractivity contribution >= 4 is 0 Å². The van der Waals surface area contributed by atoms with Crippen molar-refractivity contribution in [3.63, 3.8) is 0 Å². The van der Waals surface area contributed by atoms with Gasteiger partial charge in [-0.15, -0.1) is 0 Å². The number of fused-ring (bicyclic) bond motifs is 2. The maximum Gasteiger partial charge on any atom is 0.129 e. The zero-order valence-corrected chi connectivity index (χ0v) is 9.34. The van der Waals surface area contributed by atoms with Gasteiger partial charge in [-0.3, -0.25) is 4.84 Å². The molecule has 0 radical (unpaired) electrons. The molecule has 0 fully saturated rings. The van der Waals surface area contributed by atoms with Crippen LogP contribution in [0.2, 0.25) is 0 Å². The van der Waals surface area contributed by atoms with Gasteiger partial charge < -0.3 is 9.47 Å². The molecule has 2 aliphatic heterocycles. The first-order valence-corrected chi connectivity index (χ1v) is 5.57. The van der Waals surface area contributed by atoms with Crippen LogP contribution in [-0.4, -0.2) is 13.2 Å². The first-order valence-electron chi connectivity index (χ1n) is 5.57. The van der Waals surface area contributed by atoms with Crippen LogP contribution in [0.3, 0.4) is 0 Å². The van der Waals surface area contributed by atoms with Crippen molar-refractivity contribution in [2.24, 2.45) is 5.90 Å². The first kappa shape index (κ1) is 9.93. The van der Waals surface area contributed by atoms with E-state index < -0.39 is 0 Å². The molecule has 3 rings (SSSR count). The van der Waals surface area contributed by atoms with Crippen molar-refractivity contribution in [1.29, 1.82) is 0 Å². The third-order valence-corrected chi connectivity index (χ3v) is 3.40. The van der Waals surface area contributed by atoms with Crippen molar-refractivity contribution < 1.29 is 14.3 Å². The Morgan fingerprint density at radius 3 is 2.56 bits per heavy atom. The lowest BCUT2D eigenvalue weighted by molar-refractivity contribution is 0.121. The van der Waals surface area contributed by atoms with E-state index in [-0.39, 0.29) is 0 Å². The number of nitrogens with two attached hydrogens (primary N) is 1. The maximum atomic E-state index is 5.70. The molecule has 0 unspecified atom stereocenters. The fourth-order valence-electron chi connectivity index (χ4n) is 2.67. The molecule has 0 saturated carbocycles. The predicted octanol–water partition coefficient (Wildman–Crippen LogP) is 1.26. The Hall–Kier alpha value is -1.26. The molecule has 86 valence electrons. The molecule has 4 heteroatoms. The van der Waals surface area contributed by atoms with Crippen LogP contribution in [0.15, 0.2) is 0 Å². The number of rotatable bonds is 2. The SMILES string of the molecule is Cc1c2c(c(CON)c3c1OCC3)OCC2. The molecule has 16 heavy (non-hydrogen) atoms. The van der Waals surface area contributed by atoms with Gasteiger partial charge in [-0.1, -0.05) is 0 Å². The Morgan fingerprint density at radius 1 is 1.12 bits per heavy atom. The second-order valence-electron chi connectivity index (χ2n) is 4.23. The third kappa shape index (κ3) is 1.23. The van der Waals surface area contributed by atoms with Gasteiger partial charge in [-0.25, -0.2) is 5.90 Å².